The topological polar surface area (TPSA) is 117 Å². The van der Waals surface area contributed by atoms with Crippen LogP contribution in [0.15, 0.2) is 48.8 Å². The third-order valence-corrected chi connectivity index (χ3v) is 4.83. The number of pyridine rings is 1. The van der Waals surface area contributed by atoms with Gasteiger partial charge in [-0.15, -0.1) is 0 Å². The summed E-state index contributed by atoms with van der Waals surface area (Å²) in [6, 6.07) is 9.14. The van der Waals surface area contributed by atoms with Gasteiger partial charge >= 0.3 is 6.18 Å². The molecule has 1 aromatic carbocycles. The van der Waals surface area contributed by atoms with Crippen molar-refractivity contribution in [3.05, 3.63) is 65.7 Å². The number of hydrogen-bond acceptors (Lipinski definition) is 7. The Morgan fingerprint density at radius 1 is 1.03 bits per heavy atom. The molecule has 3 amide bonds. The third-order valence-electron chi connectivity index (χ3n) is 4.83. The summed E-state index contributed by atoms with van der Waals surface area (Å²) >= 11 is 0. The highest BCUT2D eigenvalue weighted by atomic mass is 19.4. The van der Waals surface area contributed by atoms with Crippen LogP contribution in [-0.4, -0.2) is 50.7 Å². The van der Waals surface area contributed by atoms with Gasteiger partial charge in [-0.25, -0.2) is 9.97 Å². The minimum atomic E-state index is -4.59. The van der Waals surface area contributed by atoms with Gasteiger partial charge in [0.05, 0.1) is 0 Å². The van der Waals surface area contributed by atoms with Gasteiger partial charge in [0, 0.05) is 23.6 Å². The van der Waals surface area contributed by atoms with E-state index in [1.165, 1.54) is 12.3 Å². The zero-order valence-corrected chi connectivity index (χ0v) is 17.7. The van der Waals surface area contributed by atoms with Crippen molar-refractivity contribution in [3.63, 3.8) is 0 Å². The van der Waals surface area contributed by atoms with Crippen LogP contribution >= 0.6 is 0 Å². The van der Waals surface area contributed by atoms with E-state index >= 15 is 0 Å². The summed E-state index contributed by atoms with van der Waals surface area (Å²) in [6.45, 7) is 1.34. The second-order valence-electron chi connectivity index (χ2n) is 7.54. The Kier molecular flexibility index (Phi) is 5.97. The molecule has 0 spiro atoms. The highest BCUT2D eigenvalue weighted by Crippen LogP contribution is 2.29. The van der Waals surface area contributed by atoms with Crippen molar-refractivity contribution in [1.29, 1.82) is 0 Å². The van der Waals surface area contributed by atoms with E-state index in [1.54, 1.807) is 18.2 Å². The quantitative estimate of drug-likeness (QED) is 0.563. The molecular formula is C22H17F3N6O3. The number of piperazine rings is 1. The first-order chi connectivity index (χ1) is 16.1. The normalized spacial score (nSPS) is 14.1. The molecule has 0 radical (unpaired) electrons. The van der Waals surface area contributed by atoms with E-state index in [-0.39, 0.29) is 24.7 Å². The first-order valence-corrected chi connectivity index (χ1v) is 9.96. The number of halogens is 3. The maximum atomic E-state index is 12.9. The molecule has 1 aliphatic rings. The lowest BCUT2D eigenvalue weighted by Crippen LogP contribution is -2.53. The van der Waals surface area contributed by atoms with Crippen molar-refractivity contribution >= 4 is 29.4 Å². The number of carbonyl (C=O) groups is 3. The van der Waals surface area contributed by atoms with E-state index in [0.29, 0.717) is 16.8 Å². The molecule has 0 saturated carbocycles. The second kappa shape index (κ2) is 8.89. The number of amides is 3. The van der Waals surface area contributed by atoms with Crippen molar-refractivity contribution in [2.45, 2.75) is 13.1 Å². The van der Waals surface area contributed by atoms with E-state index in [1.807, 2.05) is 13.0 Å². The molecule has 0 unspecified atom stereocenters. The molecule has 4 rings (SSSR count). The number of nitrogens with zero attached hydrogens (tertiary/aromatic N) is 4. The van der Waals surface area contributed by atoms with Crippen molar-refractivity contribution in [1.82, 2.24) is 25.2 Å². The molecule has 0 bridgehead atoms. The Hall–Kier alpha value is -4.35. The molecular weight excluding hydrogens is 453 g/mol. The van der Waals surface area contributed by atoms with Gasteiger partial charge in [0.15, 0.2) is 0 Å². The molecule has 34 heavy (non-hydrogen) atoms. The Morgan fingerprint density at radius 3 is 2.41 bits per heavy atom. The Bertz CT molecular complexity index is 1260. The molecule has 1 fully saturated rings. The average molecular weight is 470 g/mol. The Morgan fingerprint density at radius 2 is 1.76 bits per heavy atom. The molecule has 3 heterocycles. The Balaban J connectivity index is 1.54. The van der Waals surface area contributed by atoms with E-state index in [2.05, 4.69) is 25.6 Å². The number of aryl methyl sites for hydroxylation is 1. The molecule has 3 aromatic rings. The molecule has 12 heteroatoms. The van der Waals surface area contributed by atoms with Gasteiger partial charge in [0.2, 0.25) is 17.8 Å². The fourth-order valence-corrected chi connectivity index (χ4v) is 3.36. The third kappa shape index (κ3) is 5.17. The lowest BCUT2D eigenvalue weighted by atomic mass is 10.0. The number of aromatic nitrogens is 3. The molecule has 1 aliphatic heterocycles. The number of imide groups is 1. The molecule has 2 N–H and O–H groups in total. The zero-order valence-electron chi connectivity index (χ0n) is 17.7. The van der Waals surface area contributed by atoms with E-state index in [9.17, 15) is 27.6 Å². The van der Waals surface area contributed by atoms with E-state index in [4.69, 9.17) is 0 Å². The smallest absolute Gasteiger partial charge is 0.324 e. The van der Waals surface area contributed by atoms with Crippen LogP contribution in [0.1, 0.15) is 21.7 Å². The maximum absolute atomic E-state index is 12.9. The van der Waals surface area contributed by atoms with Gasteiger partial charge in [0.1, 0.15) is 24.5 Å². The lowest BCUT2D eigenvalue weighted by Gasteiger charge is -2.25. The van der Waals surface area contributed by atoms with E-state index < -0.39 is 29.6 Å². The summed E-state index contributed by atoms with van der Waals surface area (Å²) in [5.41, 5.74) is 1.61. The van der Waals surface area contributed by atoms with Crippen LogP contribution in [0.25, 0.3) is 11.1 Å². The van der Waals surface area contributed by atoms with Crippen molar-refractivity contribution in [2.75, 3.05) is 18.4 Å². The fourth-order valence-electron chi connectivity index (χ4n) is 3.36. The van der Waals surface area contributed by atoms with Gasteiger partial charge in [-0.2, -0.15) is 13.2 Å². The van der Waals surface area contributed by atoms with Crippen molar-refractivity contribution < 1.29 is 27.6 Å². The summed E-state index contributed by atoms with van der Waals surface area (Å²) < 4.78 is 38.7. The fraction of sp³-hybridized carbons (Fsp3) is 0.182. The highest BCUT2D eigenvalue weighted by molar-refractivity contribution is 6.05. The number of anilines is 2. The molecule has 174 valence electrons. The summed E-state index contributed by atoms with van der Waals surface area (Å²) in [5.74, 6) is -1.88. The van der Waals surface area contributed by atoms with Crippen LogP contribution < -0.4 is 10.6 Å². The summed E-state index contributed by atoms with van der Waals surface area (Å²) in [6.07, 6.45) is -2.11. The van der Waals surface area contributed by atoms with Gasteiger partial charge in [0.25, 0.3) is 5.91 Å². The number of benzene rings is 1. The zero-order chi connectivity index (χ0) is 24.5. The molecule has 9 nitrogen and oxygen atoms in total. The predicted molar refractivity (Wildman–Crippen MR) is 114 cm³/mol. The molecule has 1 saturated heterocycles. The minimum absolute atomic E-state index is 0.0645. The van der Waals surface area contributed by atoms with Crippen LogP contribution in [0.5, 0.6) is 0 Å². The summed E-state index contributed by atoms with van der Waals surface area (Å²) in [4.78, 5) is 48.2. The number of hydrogen-bond donors (Lipinski definition) is 2. The molecule has 0 aliphatic carbocycles. The Labute approximate surface area is 191 Å². The lowest BCUT2D eigenvalue weighted by molar-refractivity contribution is -0.141. The summed E-state index contributed by atoms with van der Waals surface area (Å²) in [5, 5.41) is 4.90. The van der Waals surface area contributed by atoms with Gasteiger partial charge in [-0.3, -0.25) is 24.7 Å². The monoisotopic (exact) mass is 470 g/mol. The van der Waals surface area contributed by atoms with Crippen LogP contribution in [0.4, 0.5) is 24.8 Å². The number of rotatable bonds is 4. The van der Waals surface area contributed by atoms with Crippen LogP contribution in [0, 0.1) is 6.92 Å². The first kappa shape index (κ1) is 22.8. The molecule has 2 aromatic heterocycles. The number of nitrogens with one attached hydrogen (secondary N) is 2. The van der Waals surface area contributed by atoms with Gasteiger partial charge < -0.3 is 10.2 Å². The van der Waals surface area contributed by atoms with Crippen molar-refractivity contribution in [3.8, 4) is 11.1 Å². The molecule has 0 atom stereocenters. The van der Waals surface area contributed by atoms with Crippen LogP contribution in [0.3, 0.4) is 0 Å². The SMILES string of the molecule is Cc1cc(Nc2nccc(C(F)(F)F)n2)cc(-c2ccc(C(=O)N3CC(=O)NC(=O)C3)nc2)c1. The number of carbonyl (C=O) groups excluding carboxylic acids is 3. The largest absolute Gasteiger partial charge is 0.433 e. The predicted octanol–water partition coefficient (Wildman–Crippen LogP) is 2.71. The highest BCUT2D eigenvalue weighted by Gasteiger charge is 2.33. The average Bonchev–Trinajstić information content (AvgIpc) is 2.77. The van der Waals surface area contributed by atoms with Gasteiger partial charge in [-0.1, -0.05) is 12.1 Å². The summed E-state index contributed by atoms with van der Waals surface area (Å²) in [7, 11) is 0. The van der Waals surface area contributed by atoms with Crippen LogP contribution in [-0.2, 0) is 15.8 Å². The van der Waals surface area contributed by atoms with Crippen molar-refractivity contribution in [2.24, 2.45) is 0 Å². The number of alkyl halides is 3. The van der Waals surface area contributed by atoms with E-state index in [0.717, 1.165) is 22.7 Å². The van der Waals surface area contributed by atoms with Gasteiger partial charge in [-0.05, 0) is 42.3 Å². The maximum Gasteiger partial charge on any atom is 0.433 e. The first-order valence-electron chi connectivity index (χ1n) is 9.96. The minimum Gasteiger partial charge on any atom is -0.324 e. The van der Waals surface area contributed by atoms with Crippen LogP contribution in [0.2, 0.25) is 0 Å². The second-order valence-corrected chi connectivity index (χ2v) is 7.54. The standard InChI is InChI=1S/C22H17F3N6O3/c1-12-6-14(8-15(7-12)28-21-26-5-4-17(29-21)22(23,24)25)13-2-3-16(27-9-13)20(34)31-10-18(32)30-19(33)11-31/h2-9H,10-11H2,1H3,(H,26,28,29)(H,30,32,33).